The van der Waals surface area contributed by atoms with Crippen molar-refractivity contribution in [2.45, 2.75) is 13.5 Å². The topological polar surface area (TPSA) is 51.8 Å². The lowest BCUT2D eigenvalue weighted by Gasteiger charge is -1.99. The SMILES string of the molecule is Cc1cccc(-c2nc(-c3ccc(CN)cc3)cs2)n1. The summed E-state index contributed by atoms with van der Waals surface area (Å²) in [4.78, 5) is 9.18. The van der Waals surface area contributed by atoms with Crippen LogP contribution in [0.15, 0.2) is 47.8 Å². The first-order valence-corrected chi connectivity index (χ1v) is 7.33. The van der Waals surface area contributed by atoms with E-state index in [0.29, 0.717) is 6.54 Å². The fourth-order valence-corrected chi connectivity index (χ4v) is 2.80. The van der Waals surface area contributed by atoms with Crippen LogP contribution >= 0.6 is 11.3 Å². The second-order valence-corrected chi connectivity index (χ2v) is 5.46. The Morgan fingerprint density at radius 2 is 1.80 bits per heavy atom. The summed E-state index contributed by atoms with van der Waals surface area (Å²) < 4.78 is 0. The van der Waals surface area contributed by atoms with Crippen LogP contribution in [0.4, 0.5) is 0 Å². The van der Waals surface area contributed by atoms with E-state index in [1.54, 1.807) is 11.3 Å². The molecular weight excluding hydrogens is 266 g/mol. The minimum Gasteiger partial charge on any atom is -0.326 e. The summed E-state index contributed by atoms with van der Waals surface area (Å²) in [6.45, 7) is 2.55. The normalized spacial score (nSPS) is 10.7. The van der Waals surface area contributed by atoms with Crippen LogP contribution in [0.1, 0.15) is 11.3 Å². The highest BCUT2D eigenvalue weighted by Gasteiger charge is 2.07. The lowest BCUT2D eigenvalue weighted by Crippen LogP contribution is -1.95. The molecule has 4 heteroatoms. The summed E-state index contributed by atoms with van der Waals surface area (Å²) in [5.74, 6) is 0. The van der Waals surface area contributed by atoms with Gasteiger partial charge in [0.2, 0.25) is 0 Å². The van der Waals surface area contributed by atoms with Gasteiger partial charge >= 0.3 is 0 Å². The number of nitrogens with two attached hydrogens (primary N) is 1. The fourth-order valence-electron chi connectivity index (χ4n) is 2.00. The molecule has 0 radical (unpaired) electrons. The predicted molar refractivity (Wildman–Crippen MR) is 83.4 cm³/mol. The van der Waals surface area contributed by atoms with Crippen LogP contribution in [0.5, 0.6) is 0 Å². The van der Waals surface area contributed by atoms with Crippen molar-refractivity contribution in [1.82, 2.24) is 9.97 Å². The number of rotatable bonds is 3. The summed E-state index contributed by atoms with van der Waals surface area (Å²) in [5, 5.41) is 3.02. The minimum absolute atomic E-state index is 0.565. The van der Waals surface area contributed by atoms with E-state index in [2.05, 4.69) is 27.5 Å². The molecule has 0 amide bonds. The Labute approximate surface area is 122 Å². The maximum absolute atomic E-state index is 5.61. The molecule has 20 heavy (non-hydrogen) atoms. The van der Waals surface area contributed by atoms with Gasteiger partial charge in [-0.25, -0.2) is 4.98 Å². The van der Waals surface area contributed by atoms with Gasteiger partial charge in [-0.3, -0.25) is 4.98 Å². The largest absolute Gasteiger partial charge is 0.326 e. The van der Waals surface area contributed by atoms with Crippen LogP contribution in [0.3, 0.4) is 0 Å². The summed E-state index contributed by atoms with van der Waals surface area (Å²) in [6.07, 6.45) is 0. The molecule has 0 aliphatic carbocycles. The number of aryl methyl sites for hydroxylation is 1. The lowest BCUT2D eigenvalue weighted by molar-refractivity contribution is 1.07. The number of nitrogens with zero attached hydrogens (tertiary/aromatic N) is 2. The summed E-state index contributed by atoms with van der Waals surface area (Å²) in [6, 6.07) is 14.2. The zero-order valence-electron chi connectivity index (χ0n) is 11.2. The third-order valence-corrected chi connectivity index (χ3v) is 3.96. The molecule has 2 aromatic heterocycles. The zero-order chi connectivity index (χ0) is 13.9. The molecule has 2 N–H and O–H groups in total. The Balaban J connectivity index is 1.93. The molecule has 0 atom stereocenters. The molecule has 100 valence electrons. The van der Waals surface area contributed by atoms with Gasteiger partial charge in [-0.05, 0) is 24.6 Å². The Bertz CT molecular complexity index is 717. The van der Waals surface area contributed by atoms with Gasteiger partial charge in [0.25, 0.3) is 0 Å². The van der Waals surface area contributed by atoms with Gasteiger partial charge in [0.15, 0.2) is 0 Å². The van der Waals surface area contributed by atoms with Crippen molar-refractivity contribution in [2.75, 3.05) is 0 Å². The molecule has 3 aromatic rings. The summed E-state index contributed by atoms with van der Waals surface area (Å²) in [5.41, 5.74) is 10.8. The molecule has 0 aliphatic heterocycles. The number of hydrogen-bond donors (Lipinski definition) is 1. The van der Waals surface area contributed by atoms with Gasteiger partial charge in [-0.2, -0.15) is 0 Å². The highest BCUT2D eigenvalue weighted by atomic mass is 32.1. The molecule has 0 bridgehead atoms. The van der Waals surface area contributed by atoms with E-state index in [-0.39, 0.29) is 0 Å². The first kappa shape index (κ1) is 13.0. The second kappa shape index (κ2) is 5.53. The second-order valence-electron chi connectivity index (χ2n) is 4.60. The third kappa shape index (κ3) is 2.61. The van der Waals surface area contributed by atoms with Crippen molar-refractivity contribution in [3.63, 3.8) is 0 Å². The first-order chi connectivity index (χ1) is 9.76. The molecule has 3 rings (SSSR count). The quantitative estimate of drug-likeness (QED) is 0.797. The van der Waals surface area contributed by atoms with E-state index in [0.717, 1.165) is 33.2 Å². The van der Waals surface area contributed by atoms with Crippen LogP contribution in [-0.2, 0) is 6.54 Å². The molecule has 0 spiro atoms. The van der Waals surface area contributed by atoms with E-state index >= 15 is 0 Å². The maximum atomic E-state index is 5.61. The lowest BCUT2D eigenvalue weighted by atomic mass is 10.1. The van der Waals surface area contributed by atoms with Crippen LogP contribution in [0.2, 0.25) is 0 Å². The molecule has 1 aromatic carbocycles. The van der Waals surface area contributed by atoms with E-state index in [1.807, 2.05) is 37.3 Å². The molecule has 3 nitrogen and oxygen atoms in total. The van der Waals surface area contributed by atoms with Gasteiger partial charge in [0, 0.05) is 23.2 Å². The van der Waals surface area contributed by atoms with E-state index in [4.69, 9.17) is 5.73 Å². The van der Waals surface area contributed by atoms with Gasteiger partial charge < -0.3 is 5.73 Å². The standard InChI is InChI=1S/C16H15N3S/c1-11-3-2-4-14(18-11)16-19-15(10-20-16)13-7-5-12(9-17)6-8-13/h2-8,10H,9,17H2,1H3. The van der Waals surface area contributed by atoms with Crippen molar-refractivity contribution >= 4 is 11.3 Å². The predicted octanol–water partition coefficient (Wildman–Crippen LogP) is 3.64. The first-order valence-electron chi connectivity index (χ1n) is 6.45. The highest BCUT2D eigenvalue weighted by Crippen LogP contribution is 2.28. The van der Waals surface area contributed by atoms with Gasteiger partial charge in [-0.1, -0.05) is 30.3 Å². The van der Waals surface area contributed by atoms with E-state index in [9.17, 15) is 0 Å². The third-order valence-electron chi connectivity index (χ3n) is 3.10. The van der Waals surface area contributed by atoms with Crippen molar-refractivity contribution < 1.29 is 0 Å². The Morgan fingerprint density at radius 1 is 1.00 bits per heavy atom. The zero-order valence-corrected chi connectivity index (χ0v) is 12.0. The highest BCUT2D eigenvalue weighted by molar-refractivity contribution is 7.13. The van der Waals surface area contributed by atoms with Crippen LogP contribution in [0, 0.1) is 6.92 Å². The Kier molecular flexibility index (Phi) is 3.58. The van der Waals surface area contributed by atoms with Crippen LogP contribution < -0.4 is 5.73 Å². The van der Waals surface area contributed by atoms with Gasteiger partial charge in [-0.15, -0.1) is 11.3 Å². The van der Waals surface area contributed by atoms with Gasteiger partial charge in [0.05, 0.1) is 11.4 Å². The Morgan fingerprint density at radius 3 is 2.50 bits per heavy atom. The smallest absolute Gasteiger partial charge is 0.142 e. The van der Waals surface area contributed by atoms with Crippen molar-refractivity contribution in [3.05, 3.63) is 59.1 Å². The Hall–Kier alpha value is -2.04. The molecule has 0 saturated carbocycles. The molecule has 0 saturated heterocycles. The molecule has 0 fully saturated rings. The monoisotopic (exact) mass is 281 g/mol. The average molecular weight is 281 g/mol. The van der Waals surface area contributed by atoms with Crippen LogP contribution in [0.25, 0.3) is 22.0 Å². The van der Waals surface area contributed by atoms with Crippen LogP contribution in [-0.4, -0.2) is 9.97 Å². The van der Waals surface area contributed by atoms with Crippen molar-refractivity contribution in [3.8, 4) is 22.0 Å². The number of benzene rings is 1. The van der Waals surface area contributed by atoms with Gasteiger partial charge in [0.1, 0.15) is 5.01 Å². The molecule has 0 aliphatic rings. The number of aromatic nitrogens is 2. The summed E-state index contributed by atoms with van der Waals surface area (Å²) in [7, 11) is 0. The number of hydrogen-bond acceptors (Lipinski definition) is 4. The number of pyridine rings is 1. The summed E-state index contributed by atoms with van der Waals surface area (Å²) >= 11 is 1.62. The van der Waals surface area contributed by atoms with Crippen molar-refractivity contribution in [1.29, 1.82) is 0 Å². The fraction of sp³-hybridized carbons (Fsp3) is 0.125. The van der Waals surface area contributed by atoms with E-state index in [1.165, 1.54) is 0 Å². The molecular formula is C16H15N3S. The minimum atomic E-state index is 0.565. The maximum Gasteiger partial charge on any atom is 0.142 e. The van der Waals surface area contributed by atoms with Crippen molar-refractivity contribution in [2.24, 2.45) is 5.73 Å². The van der Waals surface area contributed by atoms with E-state index < -0.39 is 0 Å². The number of thiazole rings is 1. The molecule has 2 heterocycles. The average Bonchev–Trinajstić information content (AvgIpc) is 2.97. The molecule has 0 unspecified atom stereocenters.